The van der Waals surface area contributed by atoms with Gasteiger partial charge in [0.2, 0.25) is 0 Å². The molecule has 0 spiro atoms. The highest BCUT2D eigenvalue weighted by atomic mass is 16.4. The first kappa shape index (κ1) is 3.19. The van der Waals surface area contributed by atoms with Gasteiger partial charge in [-0.05, 0) is 17.5 Å². The summed E-state index contributed by atoms with van der Waals surface area (Å²) in [5.74, 6) is 0. The highest BCUT2D eigenvalue weighted by Gasteiger charge is 2.04. The van der Waals surface area contributed by atoms with Crippen LogP contribution < -0.4 is 5.63 Å². The van der Waals surface area contributed by atoms with Crippen LogP contribution in [0.3, 0.4) is 0 Å². The Morgan fingerprint density at radius 1 is 1.80 bits per heavy atom. The third-order valence-electron chi connectivity index (χ3n) is 1.30. The zero-order chi connectivity index (χ0) is 9.64. The second kappa shape index (κ2) is 1.84. The highest BCUT2D eigenvalue weighted by molar-refractivity contribution is 5.58. The van der Waals surface area contributed by atoms with Crippen LogP contribution in [0.25, 0.3) is 6.05 Å². The topological polar surface area (TPSA) is 30.2 Å². The van der Waals surface area contributed by atoms with E-state index in [1.165, 1.54) is 0 Å². The Labute approximate surface area is 62.0 Å². The van der Waals surface area contributed by atoms with E-state index in [9.17, 15) is 4.79 Å². The summed E-state index contributed by atoms with van der Waals surface area (Å²) in [4.78, 5) is 10.8. The minimum absolute atomic E-state index is 0.0351. The van der Waals surface area contributed by atoms with Crippen LogP contribution in [-0.2, 0) is 6.37 Å². The average molecular weight is 137 g/mol. The minimum Gasteiger partial charge on any atom is -0.431 e. The Morgan fingerprint density at radius 2 is 2.70 bits per heavy atom. The van der Waals surface area contributed by atoms with Crippen molar-refractivity contribution in [1.29, 1.82) is 0 Å². The van der Waals surface area contributed by atoms with Crippen LogP contribution >= 0.6 is 0 Å². The molecule has 0 aromatic carbocycles. The molecule has 0 atom stereocenters. The number of hydrogen-bond donors (Lipinski definition) is 0. The molecule has 1 heterocycles. The van der Waals surface area contributed by atoms with E-state index in [1.54, 1.807) is 0 Å². The van der Waals surface area contributed by atoms with Gasteiger partial charge in [0.05, 0.1) is 7.63 Å². The van der Waals surface area contributed by atoms with Gasteiger partial charge in [0.15, 0.2) is 0 Å². The zero-order valence-electron chi connectivity index (χ0n) is 8.05. The van der Waals surface area contributed by atoms with Crippen LogP contribution in [0, 0.1) is 0 Å². The van der Waals surface area contributed by atoms with Gasteiger partial charge in [0.1, 0.15) is 0 Å². The molecule has 2 nitrogen and oxygen atoms in total. The van der Waals surface area contributed by atoms with Crippen molar-refractivity contribution in [3.8, 4) is 0 Å². The third-order valence-corrected chi connectivity index (χ3v) is 1.30. The summed E-state index contributed by atoms with van der Waals surface area (Å²) in [7, 11) is 0. The lowest BCUT2D eigenvalue weighted by atomic mass is 10.2. The molecule has 0 fully saturated rings. The Balaban J connectivity index is 2.74. The molecule has 1 aliphatic rings. The normalized spacial score (nSPS) is 24.0. The van der Waals surface area contributed by atoms with Crippen molar-refractivity contribution >= 4 is 6.05 Å². The largest absolute Gasteiger partial charge is 0.431 e. The van der Waals surface area contributed by atoms with Crippen molar-refractivity contribution in [3.05, 3.63) is 40.0 Å². The van der Waals surface area contributed by atoms with Crippen molar-refractivity contribution in [1.82, 2.24) is 0 Å². The van der Waals surface area contributed by atoms with E-state index >= 15 is 0 Å². The van der Waals surface area contributed by atoms with Crippen LogP contribution in [0.4, 0.5) is 0 Å². The van der Waals surface area contributed by atoms with Gasteiger partial charge in [-0.3, -0.25) is 0 Å². The van der Waals surface area contributed by atoms with Gasteiger partial charge in [0, 0.05) is 8.81 Å². The smallest absolute Gasteiger partial charge is 0.336 e. The maximum Gasteiger partial charge on any atom is 0.336 e. The third kappa shape index (κ3) is 0.692. The zero-order valence-corrected chi connectivity index (χ0v) is 5.05. The fraction of sp³-hybridized carbons (Fsp3) is 0.125. The Morgan fingerprint density at radius 3 is 3.60 bits per heavy atom. The van der Waals surface area contributed by atoms with E-state index in [0.29, 0.717) is 5.56 Å². The molecule has 0 bridgehead atoms. The monoisotopic (exact) mass is 137 g/mol. The second-order valence-corrected chi connectivity index (χ2v) is 1.96. The predicted molar refractivity (Wildman–Crippen MR) is 37.7 cm³/mol. The summed E-state index contributed by atoms with van der Waals surface area (Å²) in [6, 6.07) is 1.17. The van der Waals surface area contributed by atoms with Crippen LogP contribution in [-0.4, -0.2) is 0 Å². The van der Waals surface area contributed by atoms with E-state index in [1.807, 2.05) is 0 Å². The lowest BCUT2D eigenvalue weighted by Gasteiger charge is -1.91. The maximum absolute atomic E-state index is 10.8. The summed E-state index contributed by atoms with van der Waals surface area (Å²) in [6.07, 6.45) is 0.548. The summed E-state index contributed by atoms with van der Waals surface area (Å²) in [5.41, 5.74) is 0.00736. The van der Waals surface area contributed by atoms with Crippen molar-refractivity contribution in [2.75, 3.05) is 0 Å². The standard InChI is InChI=1S/C8H6O2/c9-8-4-6-2-1-3-7(6)5-10-8/h1-2,4-5H,3H2/i2D,3D2. The Bertz CT molecular complexity index is 445. The predicted octanol–water partition coefficient (Wildman–Crippen LogP) is 1.21. The van der Waals surface area contributed by atoms with Gasteiger partial charge in [-0.15, -0.1) is 0 Å². The molecule has 0 N–H and O–H groups in total. The van der Waals surface area contributed by atoms with Gasteiger partial charge in [-0.25, -0.2) is 4.79 Å². The fourth-order valence-electron chi connectivity index (χ4n) is 0.833. The van der Waals surface area contributed by atoms with Gasteiger partial charge in [-0.1, -0.05) is 12.1 Å². The van der Waals surface area contributed by atoms with Crippen LogP contribution in [0.15, 0.2) is 27.6 Å². The molecule has 2 rings (SSSR count). The molecule has 50 valence electrons. The molecular weight excluding hydrogens is 128 g/mol. The molecule has 0 saturated heterocycles. The molecule has 0 radical (unpaired) electrons. The molecule has 0 saturated carbocycles. The lowest BCUT2D eigenvalue weighted by Crippen LogP contribution is -1.97. The second-order valence-electron chi connectivity index (χ2n) is 1.96. The summed E-state index contributed by atoms with van der Waals surface area (Å²) in [6.45, 7) is 0. The van der Waals surface area contributed by atoms with Gasteiger partial charge < -0.3 is 4.42 Å². The molecule has 0 aliphatic heterocycles. The van der Waals surface area contributed by atoms with Crippen molar-refractivity contribution in [3.63, 3.8) is 0 Å². The Hall–Kier alpha value is -1.31. The van der Waals surface area contributed by atoms with Gasteiger partial charge in [0.25, 0.3) is 0 Å². The molecule has 1 aliphatic carbocycles. The molecule has 10 heavy (non-hydrogen) atoms. The molecule has 1 aromatic heterocycles. The quantitative estimate of drug-likeness (QED) is 0.538. The number of allylic oxidation sites excluding steroid dienone is 1. The maximum atomic E-state index is 10.8. The summed E-state index contributed by atoms with van der Waals surface area (Å²) >= 11 is 0. The van der Waals surface area contributed by atoms with E-state index in [2.05, 4.69) is 4.42 Å². The first-order chi connectivity index (χ1) is 6.00. The highest BCUT2D eigenvalue weighted by Crippen LogP contribution is 2.15. The number of hydrogen-bond acceptors (Lipinski definition) is 2. The lowest BCUT2D eigenvalue weighted by molar-refractivity contribution is 0.505. The number of rotatable bonds is 0. The number of fused-ring (bicyclic) bond motifs is 1. The average Bonchev–Trinajstić information content (AvgIpc) is 2.22. The van der Waals surface area contributed by atoms with E-state index in [4.69, 9.17) is 4.11 Å². The molecule has 1 aromatic rings. The van der Waals surface area contributed by atoms with Crippen LogP contribution in [0.2, 0.25) is 0 Å². The summed E-state index contributed by atoms with van der Waals surface area (Å²) in [5, 5.41) is 0. The first-order valence-corrected chi connectivity index (χ1v) is 2.84. The summed E-state index contributed by atoms with van der Waals surface area (Å²) < 4.78 is 26.9. The molecule has 2 heteroatoms. The van der Waals surface area contributed by atoms with Gasteiger partial charge >= 0.3 is 5.63 Å². The van der Waals surface area contributed by atoms with E-state index in [0.717, 1.165) is 18.4 Å². The van der Waals surface area contributed by atoms with Crippen molar-refractivity contribution in [2.24, 2.45) is 0 Å². The van der Waals surface area contributed by atoms with Crippen molar-refractivity contribution < 1.29 is 8.53 Å². The molecule has 0 amide bonds. The molecular formula is C8H6O2. The van der Waals surface area contributed by atoms with E-state index in [-0.39, 0.29) is 11.6 Å². The molecule has 0 unspecified atom stereocenters. The van der Waals surface area contributed by atoms with E-state index < -0.39 is 12.0 Å². The first-order valence-electron chi connectivity index (χ1n) is 4.34. The van der Waals surface area contributed by atoms with Crippen LogP contribution in [0.5, 0.6) is 0 Å². The van der Waals surface area contributed by atoms with Crippen molar-refractivity contribution in [2.45, 2.75) is 6.37 Å². The minimum atomic E-state index is -1.69. The Kier molecular flexibility index (Phi) is 0.586. The SMILES string of the molecule is [2H]C1=CC([2H])([2H])c2coc(=O)cc21. The van der Waals surface area contributed by atoms with Crippen LogP contribution in [0.1, 0.15) is 15.2 Å². The fourth-order valence-corrected chi connectivity index (χ4v) is 0.833. The van der Waals surface area contributed by atoms with Gasteiger partial charge in [-0.2, -0.15) is 0 Å².